The molecule has 0 spiro atoms. The third kappa shape index (κ3) is 3.03. The largest absolute Gasteiger partial charge is 0.217 e. The molecule has 0 aliphatic rings. The van der Waals surface area contributed by atoms with Gasteiger partial charge in [0.1, 0.15) is 6.33 Å². The summed E-state index contributed by atoms with van der Waals surface area (Å²) in [6, 6.07) is 18.4. The van der Waals surface area contributed by atoms with Crippen molar-refractivity contribution in [1.29, 1.82) is 0 Å². The van der Waals surface area contributed by atoms with E-state index >= 15 is 0 Å². The first-order valence-electron chi connectivity index (χ1n) is 7.39. The molecule has 0 unspecified atom stereocenters. The van der Waals surface area contributed by atoms with Crippen LogP contribution in [0.4, 0.5) is 0 Å². The fourth-order valence-electron chi connectivity index (χ4n) is 2.28. The van der Waals surface area contributed by atoms with Crippen molar-refractivity contribution in [2.24, 2.45) is 0 Å². The zero-order valence-corrected chi connectivity index (χ0v) is 13.1. The minimum Gasteiger partial charge on any atom is -0.217 e. The summed E-state index contributed by atoms with van der Waals surface area (Å²) < 4.78 is 0. The molecule has 3 nitrogen and oxygen atoms in total. The average molecular weight is 289 g/mol. The van der Waals surface area contributed by atoms with Gasteiger partial charge in [0.25, 0.3) is 0 Å². The van der Waals surface area contributed by atoms with Gasteiger partial charge in [0, 0.05) is 11.1 Å². The van der Waals surface area contributed by atoms with Crippen LogP contribution in [0.5, 0.6) is 0 Å². The third-order valence-electron chi connectivity index (χ3n) is 3.61. The van der Waals surface area contributed by atoms with E-state index in [2.05, 4.69) is 60.0 Å². The standard InChI is InChI=1S/C19H19N3/c1-19(2,3)16-11-9-15(10-12-16)18-21-13-20-17(22-18)14-7-5-4-6-8-14/h4-13H,1-3H3. The highest BCUT2D eigenvalue weighted by atomic mass is 15.0. The van der Waals surface area contributed by atoms with Crippen molar-refractivity contribution in [1.82, 2.24) is 15.0 Å². The van der Waals surface area contributed by atoms with Crippen molar-refractivity contribution in [3.63, 3.8) is 0 Å². The Kier molecular flexibility index (Phi) is 3.72. The first-order chi connectivity index (χ1) is 10.5. The molecule has 3 rings (SSSR count). The third-order valence-corrected chi connectivity index (χ3v) is 3.61. The van der Waals surface area contributed by atoms with Gasteiger partial charge in [0.2, 0.25) is 0 Å². The van der Waals surface area contributed by atoms with Crippen LogP contribution in [0.25, 0.3) is 22.8 Å². The van der Waals surface area contributed by atoms with E-state index in [4.69, 9.17) is 0 Å². The van der Waals surface area contributed by atoms with E-state index in [0.717, 1.165) is 11.1 Å². The number of rotatable bonds is 2. The van der Waals surface area contributed by atoms with E-state index in [1.165, 1.54) is 5.56 Å². The Balaban J connectivity index is 1.96. The van der Waals surface area contributed by atoms with Gasteiger partial charge in [-0.3, -0.25) is 0 Å². The molecule has 0 N–H and O–H groups in total. The van der Waals surface area contributed by atoms with E-state index < -0.39 is 0 Å². The molecule has 0 atom stereocenters. The molecule has 110 valence electrons. The topological polar surface area (TPSA) is 38.7 Å². The maximum atomic E-state index is 4.58. The molecular weight excluding hydrogens is 270 g/mol. The molecule has 3 heteroatoms. The summed E-state index contributed by atoms with van der Waals surface area (Å²) in [6.07, 6.45) is 1.57. The van der Waals surface area contributed by atoms with Crippen molar-refractivity contribution < 1.29 is 0 Å². The number of hydrogen-bond acceptors (Lipinski definition) is 3. The van der Waals surface area contributed by atoms with Crippen LogP contribution in [0.15, 0.2) is 60.9 Å². The van der Waals surface area contributed by atoms with E-state index in [1.807, 2.05) is 30.3 Å². The van der Waals surface area contributed by atoms with Gasteiger partial charge in [-0.2, -0.15) is 0 Å². The molecule has 22 heavy (non-hydrogen) atoms. The van der Waals surface area contributed by atoms with E-state index in [-0.39, 0.29) is 5.41 Å². The zero-order chi connectivity index (χ0) is 15.6. The van der Waals surface area contributed by atoms with Gasteiger partial charge in [-0.1, -0.05) is 75.4 Å². The minimum atomic E-state index is 0.146. The molecule has 0 saturated heterocycles. The fraction of sp³-hybridized carbons (Fsp3) is 0.211. The summed E-state index contributed by atoms with van der Waals surface area (Å²) in [5, 5.41) is 0. The second-order valence-corrected chi connectivity index (χ2v) is 6.33. The monoisotopic (exact) mass is 289 g/mol. The Morgan fingerprint density at radius 3 is 1.77 bits per heavy atom. The van der Waals surface area contributed by atoms with Crippen LogP contribution in [0, 0.1) is 0 Å². The summed E-state index contributed by atoms with van der Waals surface area (Å²) in [5.41, 5.74) is 3.45. The van der Waals surface area contributed by atoms with Crippen LogP contribution in [-0.4, -0.2) is 15.0 Å². The van der Waals surface area contributed by atoms with E-state index in [0.29, 0.717) is 11.6 Å². The number of hydrogen-bond donors (Lipinski definition) is 0. The Morgan fingerprint density at radius 2 is 1.23 bits per heavy atom. The number of aromatic nitrogens is 3. The summed E-state index contributed by atoms with van der Waals surface area (Å²) in [4.78, 5) is 13.2. The lowest BCUT2D eigenvalue weighted by molar-refractivity contribution is 0.590. The molecule has 0 bridgehead atoms. The van der Waals surface area contributed by atoms with Gasteiger partial charge in [-0.25, -0.2) is 15.0 Å². The van der Waals surface area contributed by atoms with Crippen molar-refractivity contribution in [3.05, 3.63) is 66.5 Å². The Bertz CT molecular complexity index is 757. The molecule has 0 aliphatic carbocycles. The highest BCUT2D eigenvalue weighted by molar-refractivity contribution is 5.60. The Labute approximate surface area is 131 Å². The van der Waals surface area contributed by atoms with Gasteiger partial charge >= 0.3 is 0 Å². The van der Waals surface area contributed by atoms with Crippen molar-refractivity contribution in [3.8, 4) is 22.8 Å². The summed E-state index contributed by atoms with van der Waals surface area (Å²) in [7, 11) is 0. The van der Waals surface area contributed by atoms with Crippen LogP contribution < -0.4 is 0 Å². The molecule has 1 heterocycles. The molecule has 2 aromatic carbocycles. The predicted octanol–water partition coefficient (Wildman–Crippen LogP) is 4.50. The maximum absolute atomic E-state index is 4.58. The van der Waals surface area contributed by atoms with E-state index in [9.17, 15) is 0 Å². The first-order valence-corrected chi connectivity index (χ1v) is 7.39. The second kappa shape index (κ2) is 5.68. The lowest BCUT2D eigenvalue weighted by atomic mass is 9.87. The smallest absolute Gasteiger partial charge is 0.163 e. The average Bonchev–Trinajstić information content (AvgIpc) is 2.55. The van der Waals surface area contributed by atoms with Crippen LogP contribution >= 0.6 is 0 Å². The van der Waals surface area contributed by atoms with Gasteiger partial charge in [-0.05, 0) is 11.0 Å². The predicted molar refractivity (Wildman–Crippen MR) is 89.4 cm³/mol. The molecule has 3 aromatic rings. The van der Waals surface area contributed by atoms with Crippen molar-refractivity contribution in [2.75, 3.05) is 0 Å². The Morgan fingerprint density at radius 1 is 0.682 bits per heavy atom. The van der Waals surface area contributed by atoms with Crippen LogP contribution in [0.2, 0.25) is 0 Å². The first kappa shape index (κ1) is 14.4. The van der Waals surface area contributed by atoms with Gasteiger partial charge in [-0.15, -0.1) is 0 Å². The lowest BCUT2D eigenvalue weighted by Gasteiger charge is -2.18. The zero-order valence-electron chi connectivity index (χ0n) is 13.1. The molecule has 0 aliphatic heterocycles. The lowest BCUT2D eigenvalue weighted by Crippen LogP contribution is -2.10. The summed E-state index contributed by atoms with van der Waals surface area (Å²) >= 11 is 0. The molecule has 0 amide bonds. The van der Waals surface area contributed by atoms with Crippen LogP contribution in [-0.2, 0) is 5.41 Å². The van der Waals surface area contributed by atoms with E-state index in [1.54, 1.807) is 6.33 Å². The normalized spacial score (nSPS) is 11.4. The number of benzene rings is 2. The van der Waals surface area contributed by atoms with Gasteiger partial charge < -0.3 is 0 Å². The quantitative estimate of drug-likeness (QED) is 0.697. The highest BCUT2D eigenvalue weighted by Crippen LogP contribution is 2.25. The van der Waals surface area contributed by atoms with Gasteiger partial charge in [0.05, 0.1) is 0 Å². The summed E-state index contributed by atoms with van der Waals surface area (Å²) in [6.45, 7) is 6.62. The SMILES string of the molecule is CC(C)(C)c1ccc(-c2ncnc(-c3ccccc3)n2)cc1. The molecular formula is C19H19N3. The van der Waals surface area contributed by atoms with Crippen molar-refractivity contribution in [2.45, 2.75) is 26.2 Å². The molecule has 0 fully saturated rings. The Hall–Kier alpha value is -2.55. The maximum Gasteiger partial charge on any atom is 0.163 e. The highest BCUT2D eigenvalue weighted by Gasteiger charge is 2.13. The second-order valence-electron chi connectivity index (χ2n) is 6.33. The van der Waals surface area contributed by atoms with Gasteiger partial charge in [0.15, 0.2) is 11.6 Å². The molecule has 0 saturated carbocycles. The minimum absolute atomic E-state index is 0.146. The molecule has 0 radical (unpaired) electrons. The molecule has 1 aromatic heterocycles. The van der Waals surface area contributed by atoms with Crippen LogP contribution in [0.1, 0.15) is 26.3 Å². The number of nitrogens with zero attached hydrogens (tertiary/aromatic N) is 3. The van der Waals surface area contributed by atoms with Crippen molar-refractivity contribution >= 4 is 0 Å². The summed E-state index contributed by atoms with van der Waals surface area (Å²) in [5.74, 6) is 1.40. The fourth-order valence-corrected chi connectivity index (χ4v) is 2.28. The van der Waals surface area contributed by atoms with Crippen LogP contribution in [0.3, 0.4) is 0 Å².